The summed E-state index contributed by atoms with van der Waals surface area (Å²) in [5.41, 5.74) is 0. The summed E-state index contributed by atoms with van der Waals surface area (Å²) in [6.07, 6.45) is 55.6. The van der Waals surface area contributed by atoms with E-state index in [4.69, 9.17) is 14.2 Å². The first-order valence-corrected chi connectivity index (χ1v) is 22.5. The molecule has 0 aliphatic carbocycles. The number of hydrogen-bond acceptors (Lipinski definition) is 6. The van der Waals surface area contributed by atoms with Gasteiger partial charge in [-0.15, -0.1) is 0 Å². The Kier molecular flexibility index (Phi) is 38.0. The maximum absolute atomic E-state index is 12.7. The minimum Gasteiger partial charge on any atom is -0.477 e. The normalized spacial score (nSPS) is 14.0. The quantitative estimate of drug-likeness (QED) is 0.0218. The maximum Gasteiger partial charge on any atom is 0.362 e. The largest absolute Gasteiger partial charge is 0.477 e. The van der Waals surface area contributed by atoms with Crippen molar-refractivity contribution in [2.45, 2.75) is 154 Å². The second-order valence-corrected chi connectivity index (χ2v) is 15.7. The van der Waals surface area contributed by atoms with E-state index >= 15 is 0 Å². The predicted molar refractivity (Wildman–Crippen MR) is 247 cm³/mol. The molecule has 8 heteroatoms. The van der Waals surface area contributed by atoms with E-state index in [-0.39, 0.29) is 36.2 Å². The zero-order valence-electron chi connectivity index (χ0n) is 37.7. The summed E-state index contributed by atoms with van der Waals surface area (Å²) in [4.78, 5) is 37.0. The van der Waals surface area contributed by atoms with Crippen molar-refractivity contribution >= 4 is 17.9 Å². The minimum atomic E-state index is -0.889. The predicted octanol–water partition coefficient (Wildman–Crippen LogP) is 12.5. The van der Waals surface area contributed by atoms with Gasteiger partial charge in [-0.2, -0.15) is 0 Å². The van der Waals surface area contributed by atoms with Crippen LogP contribution in [-0.4, -0.2) is 80.6 Å². The van der Waals surface area contributed by atoms with Crippen LogP contribution in [0.1, 0.15) is 142 Å². The highest BCUT2D eigenvalue weighted by Crippen LogP contribution is 2.13. The molecule has 0 aliphatic rings. The number of hydrogen-bond donors (Lipinski definition) is 1. The summed E-state index contributed by atoms with van der Waals surface area (Å²) in [5.74, 6) is -1.55. The average Bonchev–Trinajstić information content (AvgIpc) is 3.19. The number of rotatable bonds is 38. The van der Waals surface area contributed by atoms with E-state index in [0.717, 1.165) is 89.9 Å². The van der Waals surface area contributed by atoms with Crippen LogP contribution in [0.15, 0.2) is 109 Å². The van der Waals surface area contributed by atoms with Crippen molar-refractivity contribution in [2.75, 3.05) is 41.0 Å². The molecule has 0 saturated carbocycles. The fourth-order valence-corrected chi connectivity index (χ4v) is 5.87. The molecule has 59 heavy (non-hydrogen) atoms. The fraction of sp³-hybridized carbons (Fsp3) is 0.588. The van der Waals surface area contributed by atoms with E-state index in [0.29, 0.717) is 19.3 Å². The molecule has 0 rings (SSSR count). The molecular weight excluding hydrogens is 739 g/mol. The number of quaternary nitrogens is 1. The second-order valence-electron chi connectivity index (χ2n) is 15.7. The third-order valence-electron chi connectivity index (χ3n) is 9.30. The van der Waals surface area contributed by atoms with Crippen LogP contribution in [0.3, 0.4) is 0 Å². The third-order valence-corrected chi connectivity index (χ3v) is 9.30. The lowest BCUT2D eigenvalue weighted by Gasteiger charge is -2.31. The Morgan fingerprint density at radius 2 is 0.983 bits per heavy atom. The molecule has 0 heterocycles. The van der Waals surface area contributed by atoms with Gasteiger partial charge in [-0.3, -0.25) is 9.59 Å². The smallest absolute Gasteiger partial charge is 0.362 e. The van der Waals surface area contributed by atoms with E-state index in [9.17, 15) is 19.5 Å². The first-order chi connectivity index (χ1) is 28.6. The molecule has 0 aromatic rings. The third kappa shape index (κ3) is 39.2. The molecule has 0 bridgehead atoms. The number of carbonyl (C=O) groups excluding carboxylic acids is 2. The van der Waals surface area contributed by atoms with Crippen LogP contribution < -0.4 is 0 Å². The first kappa shape index (κ1) is 55.0. The van der Waals surface area contributed by atoms with Crippen LogP contribution in [0.2, 0.25) is 0 Å². The standard InChI is InChI=1S/C51H81NO7/c1-6-8-10-12-14-16-18-20-22-23-24-25-26-28-30-32-34-36-38-40-42-50(54)59-47(45-57-44-43-48(51(55)56)52(3,4)5)46-58-49(53)41-39-37-35-33-31-29-27-21-19-17-15-13-11-9-7-2/h8-11,13-17,19-22,24-25,27,29,31,47-48H,6-7,12,18,23,26,28,30,32-46H2,1-5H3/p+1/b10-8+,11-9+,15-13+,16-14+,19-17+,22-20+,25-24+,27-21+,31-29+. The Bertz CT molecular complexity index is 1330. The number of carboxylic acids is 1. The Labute approximate surface area is 359 Å². The van der Waals surface area contributed by atoms with E-state index in [1.165, 1.54) is 19.3 Å². The lowest BCUT2D eigenvalue weighted by Crippen LogP contribution is -2.50. The van der Waals surface area contributed by atoms with Gasteiger partial charge in [0.25, 0.3) is 0 Å². The van der Waals surface area contributed by atoms with Gasteiger partial charge < -0.3 is 23.8 Å². The molecule has 0 radical (unpaired) electrons. The van der Waals surface area contributed by atoms with Gasteiger partial charge in [-0.25, -0.2) is 4.79 Å². The fourth-order valence-electron chi connectivity index (χ4n) is 5.87. The molecule has 0 fully saturated rings. The van der Waals surface area contributed by atoms with Crippen LogP contribution in [-0.2, 0) is 28.6 Å². The van der Waals surface area contributed by atoms with Crippen molar-refractivity contribution in [1.82, 2.24) is 0 Å². The van der Waals surface area contributed by atoms with Crippen molar-refractivity contribution in [3.63, 3.8) is 0 Å². The molecule has 1 N–H and O–H groups in total. The van der Waals surface area contributed by atoms with Gasteiger partial charge in [0, 0.05) is 19.3 Å². The molecule has 0 aliphatic heterocycles. The molecule has 2 atom stereocenters. The highest BCUT2D eigenvalue weighted by molar-refractivity contribution is 5.72. The number of nitrogens with zero attached hydrogens (tertiary/aromatic N) is 1. The topological polar surface area (TPSA) is 99.1 Å². The van der Waals surface area contributed by atoms with Crippen LogP contribution in [0.4, 0.5) is 0 Å². The summed E-state index contributed by atoms with van der Waals surface area (Å²) in [6, 6.07) is -0.631. The van der Waals surface area contributed by atoms with Crippen molar-refractivity contribution in [3.8, 4) is 0 Å². The SMILES string of the molecule is CC/C=C/C=C/C=C/C=C/C=C/CCCCCC(=O)OCC(COCCC(C(=O)O)[N+](C)(C)C)OC(=O)CCCCCCCCC/C=C/C/C=C/C/C=C/C/C=C/CC. The number of allylic oxidation sites excluding steroid dienone is 18. The number of esters is 2. The number of carbonyl (C=O) groups is 3. The van der Waals surface area contributed by atoms with Gasteiger partial charge in [0.1, 0.15) is 6.61 Å². The average molecular weight is 821 g/mol. The van der Waals surface area contributed by atoms with Gasteiger partial charge in [-0.1, -0.05) is 162 Å². The Morgan fingerprint density at radius 1 is 0.525 bits per heavy atom. The van der Waals surface area contributed by atoms with E-state index in [2.05, 4.69) is 74.6 Å². The molecule has 0 aromatic heterocycles. The first-order valence-electron chi connectivity index (χ1n) is 22.5. The van der Waals surface area contributed by atoms with Crippen LogP contribution in [0, 0.1) is 0 Å². The highest BCUT2D eigenvalue weighted by Gasteiger charge is 2.31. The molecule has 0 spiro atoms. The molecule has 2 unspecified atom stereocenters. The van der Waals surface area contributed by atoms with E-state index < -0.39 is 18.1 Å². The Balaban J connectivity index is 4.44. The molecule has 0 saturated heterocycles. The van der Waals surface area contributed by atoms with Crippen molar-refractivity contribution in [3.05, 3.63) is 109 Å². The molecule has 332 valence electrons. The zero-order chi connectivity index (χ0) is 43.5. The zero-order valence-corrected chi connectivity index (χ0v) is 37.7. The van der Waals surface area contributed by atoms with Gasteiger partial charge >= 0.3 is 17.9 Å². The summed E-state index contributed by atoms with van der Waals surface area (Å²) in [7, 11) is 5.49. The summed E-state index contributed by atoms with van der Waals surface area (Å²) in [5, 5.41) is 9.63. The number of ether oxygens (including phenoxy) is 3. The number of aliphatic carboxylic acids is 1. The lowest BCUT2D eigenvalue weighted by molar-refractivity contribution is -0.887. The second kappa shape index (κ2) is 40.8. The van der Waals surface area contributed by atoms with Gasteiger partial charge in [0.05, 0.1) is 34.4 Å². The maximum atomic E-state index is 12.7. The van der Waals surface area contributed by atoms with Crippen LogP contribution in [0.5, 0.6) is 0 Å². The number of likely N-dealkylation sites (N-methyl/N-ethyl adjacent to an activating group) is 1. The monoisotopic (exact) mass is 821 g/mol. The summed E-state index contributed by atoms with van der Waals surface area (Å²) in [6.45, 7) is 4.40. The number of carboxylic acid groups (broad SMARTS) is 1. The van der Waals surface area contributed by atoms with E-state index in [1.54, 1.807) is 0 Å². The molecule has 8 nitrogen and oxygen atoms in total. The lowest BCUT2D eigenvalue weighted by atomic mass is 10.1. The number of unbranched alkanes of at least 4 members (excludes halogenated alkanes) is 10. The molecular formula is C51H82NO7+. The Morgan fingerprint density at radius 3 is 1.54 bits per heavy atom. The van der Waals surface area contributed by atoms with Crippen LogP contribution in [0.25, 0.3) is 0 Å². The van der Waals surface area contributed by atoms with Crippen molar-refractivity contribution in [1.29, 1.82) is 0 Å². The molecule has 0 aromatic carbocycles. The Hall–Kier alpha value is -4.01. The van der Waals surface area contributed by atoms with E-state index in [1.807, 2.05) is 69.8 Å². The molecule has 0 amide bonds. The van der Waals surface area contributed by atoms with Gasteiger partial charge in [-0.05, 0) is 70.6 Å². The summed E-state index contributed by atoms with van der Waals surface area (Å²) >= 11 is 0. The van der Waals surface area contributed by atoms with Gasteiger partial charge in [0.2, 0.25) is 0 Å². The van der Waals surface area contributed by atoms with Crippen molar-refractivity contribution in [2.24, 2.45) is 0 Å². The van der Waals surface area contributed by atoms with Crippen LogP contribution >= 0.6 is 0 Å². The van der Waals surface area contributed by atoms with Crippen molar-refractivity contribution < 1.29 is 38.2 Å². The minimum absolute atomic E-state index is 0.0347. The van der Waals surface area contributed by atoms with Gasteiger partial charge in [0.15, 0.2) is 12.1 Å². The highest BCUT2D eigenvalue weighted by atomic mass is 16.6. The summed E-state index contributed by atoms with van der Waals surface area (Å²) < 4.78 is 17.2.